The van der Waals surface area contributed by atoms with Gasteiger partial charge in [-0.25, -0.2) is 14.1 Å². The first-order valence-corrected chi connectivity index (χ1v) is 9.39. The number of nitrogens with two attached hydrogens (primary N) is 1. The summed E-state index contributed by atoms with van der Waals surface area (Å²) in [6, 6.07) is 8.24. The predicted molar refractivity (Wildman–Crippen MR) is 112 cm³/mol. The molecule has 0 fully saturated rings. The first-order chi connectivity index (χ1) is 13.5. The molecule has 29 heavy (non-hydrogen) atoms. The Morgan fingerprint density at radius 3 is 2.41 bits per heavy atom. The van der Waals surface area contributed by atoms with Gasteiger partial charge in [0.05, 0.1) is 16.9 Å². The third-order valence-electron chi connectivity index (χ3n) is 4.71. The fourth-order valence-corrected chi connectivity index (χ4v) is 3.19. The fourth-order valence-electron chi connectivity index (χ4n) is 3.19. The van der Waals surface area contributed by atoms with E-state index in [1.165, 1.54) is 12.1 Å². The van der Waals surface area contributed by atoms with Crippen LogP contribution in [0.2, 0.25) is 0 Å². The third-order valence-corrected chi connectivity index (χ3v) is 4.71. The number of hydrogen-bond donors (Lipinski definition) is 2. The van der Waals surface area contributed by atoms with E-state index in [1.807, 2.05) is 47.6 Å². The van der Waals surface area contributed by atoms with Gasteiger partial charge < -0.3 is 11.1 Å². The first kappa shape index (κ1) is 20.5. The van der Waals surface area contributed by atoms with Crippen molar-refractivity contribution in [3.8, 4) is 5.69 Å². The lowest BCUT2D eigenvalue weighted by Gasteiger charge is -2.15. The summed E-state index contributed by atoms with van der Waals surface area (Å²) in [5.74, 6) is 0.00236. The lowest BCUT2D eigenvalue weighted by molar-refractivity contribution is 0.1000. The second kappa shape index (κ2) is 7.31. The molecule has 1 amide bonds. The zero-order valence-electron chi connectivity index (χ0n) is 17.6. The molecule has 0 aliphatic carbocycles. The molecule has 7 heteroatoms. The number of aryl methyl sites for hydroxylation is 3. The van der Waals surface area contributed by atoms with E-state index in [-0.39, 0.29) is 11.2 Å². The molecule has 6 nitrogen and oxygen atoms in total. The molecule has 0 aliphatic heterocycles. The van der Waals surface area contributed by atoms with Gasteiger partial charge in [0.1, 0.15) is 17.5 Å². The summed E-state index contributed by atoms with van der Waals surface area (Å²) in [6.07, 6.45) is 0. The van der Waals surface area contributed by atoms with Crippen LogP contribution in [0.4, 0.5) is 16.0 Å². The number of carbonyl (C=O) groups is 1. The summed E-state index contributed by atoms with van der Waals surface area (Å²) in [6.45, 7) is 11.7. The summed E-state index contributed by atoms with van der Waals surface area (Å²) in [7, 11) is 0. The molecule has 3 N–H and O–H groups in total. The van der Waals surface area contributed by atoms with E-state index < -0.39 is 5.91 Å². The molecule has 0 radical (unpaired) electrons. The van der Waals surface area contributed by atoms with Crippen LogP contribution < -0.4 is 11.1 Å². The minimum Gasteiger partial charge on any atom is -0.365 e. The van der Waals surface area contributed by atoms with Gasteiger partial charge in [0.25, 0.3) is 5.91 Å². The number of nitrogens with zero attached hydrogens (tertiary/aromatic N) is 3. The molecule has 2 heterocycles. The highest BCUT2D eigenvalue weighted by atomic mass is 19.1. The molecule has 0 unspecified atom stereocenters. The van der Waals surface area contributed by atoms with Crippen LogP contribution in [0.5, 0.6) is 0 Å². The molecule has 3 rings (SSSR count). The molecule has 0 aliphatic rings. The smallest absolute Gasteiger partial charge is 0.252 e. The van der Waals surface area contributed by atoms with Gasteiger partial charge in [0.15, 0.2) is 0 Å². The number of pyridine rings is 1. The van der Waals surface area contributed by atoms with Gasteiger partial charge in [-0.15, -0.1) is 0 Å². The van der Waals surface area contributed by atoms with Crippen LogP contribution in [0.15, 0.2) is 30.3 Å². The van der Waals surface area contributed by atoms with Crippen LogP contribution in [-0.4, -0.2) is 20.7 Å². The van der Waals surface area contributed by atoms with E-state index in [9.17, 15) is 9.18 Å². The molecular formula is C22H26FN5O. The highest BCUT2D eigenvalue weighted by molar-refractivity contribution is 5.99. The number of benzene rings is 1. The minimum atomic E-state index is -0.568. The third kappa shape index (κ3) is 4.13. The van der Waals surface area contributed by atoms with Crippen molar-refractivity contribution in [2.45, 2.75) is 47.0 Å². The summed E-state index contributed by atoms with van der Waals surface area (Å²) >= 11 is 0. The highest BCUT2D eigenvalue weighted by Crippen LogP contribution is 2.30. The zero-order chi connectivity index (χ0) is 21.5. The Labute approximate surface area is 170 Å². The van der Waals surface area contributed by atoms with E-state index in [2.05, 4.69) is 10.3 Å². The number of primary amides is 1. The van der Waals surface area contributed by atoms with Crippen LogP contribution in [-0.2, 0) is 5.41 Å². The van der Waals surface area contributed by atoms with E-state index in [1.54, 1.807) is 16.8 Å². The predicted octanol–water partition coefficient (Wildman–Crippen LogP) is 4.47. The zero-order valence-corrected chi connectivity index (χ0v) is 17.6. The fraction of sp³-hybridized carbons (Fsp3) is 0.318. The van der Waals surface area contributed by atoms with Crippen molar-refractivity contribution in [1.29, 1.82) is 0 Å². The molecule has 0 atom stereocenters. The van der Waals surface area contributed by atoms with Crippen molar-refractivity contribution in [3.63, 3.8) is 0 Å². The molecule has 2 aromatic heterocycles. The number of nitrogens with one attached hydrogen (secondary N) is 1. The molecule has 1 aromatic carbocycles. The van der Waals surface area contributed by atoms with Crippen LogP contribution in [0.25, 0.3) is 5.69 Å². The van der Waals surface area contributed by atoms with Crippen LogP contribution in [0.3, 0.4) is 0 Å². The quantitative estimate of drug-likeness (QED) is 0.682. The van der Waals surface area contributed by atoms with Gasteiger partial charge in [-0.2, -0.15) is 5.10 Å². The Morgan fingerprint density at radius 1 is 1.10 bits per heavy atom. The standard InChI is InChI=1S/C22H26FN5O/c1-12-7-8-15(23)10-16(12)28-18(11-17(27-28)22(4,5)6)26-21-19(20(24)29)13(2)9-14(3)25-21/h7-11H,1-6H3,(H2,24,29)(H,25,26). The normalized spacial score (nSPS) is 11.6. The second-order valence-corrected chi connectivity index (χ2v) is 8.30. The average molecular weight is 395 g/mol. The van der Waals surface area contributed by atoms with Gasteiger partial charge in [-0.1, -0.05) is 26.8 Å². The first-order valence-electron chi connectivity index (χ1n) is 9.39. The van der Waals surface area contributed by atoms with E-state index >= 15 is 0 Å². The average Bonchev–Trinajstić information content (AvgIpc) is 3.00. The topological polar surface area (TPSA) is 85.8 Å². The van der Waals surface area contributed by atoms with Gasteiger partial charge in [-0.05, 0) is 50.1 Å². The van der Waals surface area contributed by atoms with E-state index in [0.717, 1.165) is 22.5 Å². The van der Waals surface area contributed by atoms with Crippen LogP contribution >= 0.6 is 0 Å². The monoisotopic (exact) mass is 395 g/mol. The summed E-state index contributed by atoms with van der Waals surface area (Å²) in [5.41, 5.74) is 9.44. The number of amides is 1. The van der Waals surface area contributed by atoms with Crippen LogP contribution in [0, 0.1) is 26.6 Å². The molecule has 0 bridgehead atoms. The van der Waals surface area contributed by atoms with Gasteiger partial charge in [0, 0.05) is 17.2 Å². The molecule has 0 spiro atoms. The summed E-state index contributed by atoms with van der Waals surface area (Å²) in [5, 5.41) is 7.92. The number of halogens is 1. The number of rotatable bonds is 4. The molecule has 0 saturated heterocycles. The van der Waals surface area contributed by atoms with Crippen molar-refractivity contribution >= 4 is 17.5 Å². The largest absolute Gasteiger partial charge is 0.365 e. The highest BCUT2D eigenvalue weighted by Gasteiger charge is 2.23. The SMILES string of the molecule is Cc1cc(C)c(C(N)=O)c(Nc2cc(C(C)(C)C)nn2-c2cc(F)ccc2C)n1. The number of anilines is 2. The van der Waals surface area contributed by atoms with Crippen molar-refractivity contribution in [2.75, 3.05) is 5.32 Å². The maximum absolute atomic E-state index is 14.0. The summed E-state index contributed by atoms with van der Waals surface area (Å²) in [4.78, 5) is 16.5. The Kier molecular flexibility index (Phi) is 5.17. The van der Waals surface area contributed by atoms with Crippen molar-refractivity contribution in [3.05, 3.63) is 64.2 Å². The van der Waals surface area contributed by atoms with Gasteiger partial charge in [0.2, 0.25) is 0 Å². The Hall–Kier alpha value is -3.22. The lowest BCUT2D eigenvalue weighted by Crippen LogP contribution is -2.17. The van der Waals surface area contributed by atoms with Crippen LogP contribution in [0.1, 0.15) is 53.6 Å². The molecular weight excluding hydrogens is 369 g/mol. The maximum atomic E-state index is 14.0. The molecule has 0 saturated carbocycles. The van der Waals surface area contributed by atoms with Gasteiger partial charge in [-0.3, -0.25) is 4.79 Å². The number of aromatic nitrogens is 3. The number of hydrogen-bond acceptors (Lipinski definition) is 4. The lowest BCUT2D eigenvalue weighted by atomic mass is 9.92. The molecule has 152 valence electrons. The Morgan fingerprint density at radius 2 is 1.79 bits per heavy atom. The number of carbonyl (C=O) groups excluding carboxylic acids is 1. The van der Waals surface area contributed by atoms with E-state index in [0.29, 0.717) is 22.9 Å². The molecule has 3 aromatic rings. The van der Waals surface area contributed by atoms with Crippen molar-refractivity contribution in [2.24, 2.45) is 5.73 Å². The Bertz CT molecular complexity index is 1100. The van der Waals surface area contributed by atoms with E-state index in [4.69, 9.17) is 10.8 Å². The van der Waals surface area contributed by atoms with Gasteiger partial charge >= 0.3 is 0 Å². The van der Waals surface area contributed by atoms with Crippen molar-refractivity contribution < 1.29 is 9.18 Å². The maximum Gasteiger partial charge on any atom is 0.252 e. The van der Waals surface area contributed by atoms with Crippen molar-refractivity contribution in [1.82, 2.24) is 14.8 Å². The second-order valence-electron chi connectivity index (χ2n) is 8.30. The Balaban J connectivity index is 2.22. The summed E-state index contributed by atoms with van der Waals surface area (Å²) < 4.78 is 15.6. The minimum absolute atomic E-state index is 0.231.